The summed E-state index contributed by atoms with van der Waals surface area (Å²) in [5.74, 6) is -0.223. The molecule has 0 saturated heterocycles. The molecule has 1 amide bonds. The molecule has 0 radical (unpaired) electrons. The summed E-state index contributed by atoms with van der Waals surface area (Å²) in [5, 5.41) is 5.14. The third-order valence-corrected chi connectivity index (χ3v) is 4.94. The van der Waals surface area contributed by atoms with Gasteiger partial charge in [0.1, 0.15) is 6.04 Å². The lowest BCUT2D eigenvalue weighted by Crippen LogP contribution is -2.43. The molecule has 1 N–H and O–H groups in total. The molecule has 0 unspecified atom stereocenters. The number of ketones is 1. The van der Waals surface area contributed by atoms with Crippen molar-refractivity contribution in [2.24, 2.45) is 0 Å². The number of amides is 1. The Morgan fingerprint density at radius 3 is 2.71 bits per heavy atom. The molecular weight excluding hydrogens is 324 g/mol. The standard InChI is InChI=1S/C18H18N2O3S/c1-12-10-15(24-11-12)16-17(14(21)8-9-19-16)23-18(22)20(2)13-6-4-3-5-7-13/h3-11,16-17,19H,1-2H3/t16-,17+/m1/s1. The second-order valence-corrected chi connectivity index (χ2v) is 6.55. The maximum atomic E-state index is 12.4. The Morgan fingerprint density at radius 2 is 2.04 bits per heavy atom. The Morgan fingerprint density at radius 1 is 1.29 bits per heavy atom. The number of aryl methyl sites for hydroxylation is 1. The van der Waals surface area contributed by atoms with Crippen molar-refractivity contribution in [2.45, 2.75) is 19.1 Å². The Balaban J connectivity index is 1.79. The fraction of sp³-hybridized carbons (Fsp3) is 0.222. The van der Waals surface area contributed by atoms with Crippen LogP contribution >= 0.6 is 11.3 Å². The number of hydrogen-bond donors (Lipinski definition) is 1. The molecule has 0 aliphatic carbocycles. The van der Waals surface area contributed by atoms with Gasteiger partial charge < -0.3 is 10.1 Å². The van der Waals surface area contributed by atoms with Gasteiger partial charge in [0.05, 0.1) is 0 Å². The summed E-state index contributed by atoms with van der Waals surface area (Å²) < 4.78 is 5.53. The first-order valence-electron chi connectivity index (χ1n) is 7.57. The monoisotopic (exact) mass is 342 g/mol. The SMILES string of the molecule is Cc1csc([C@H]2NC=CC(=O)[C@@H]2OC(=O)N(C)c2ccccc2)c1. The van der Waals surface area contributed by atoms with Crippen LogP contribution in [0.3, 0.4) is 0 Å². The smallest absolute Gasteiger partial charge is 0.414 e. The van der Waals surface area contributed by atoms with Crippen molar-refractivity contribution in [3.63, 3.8) is 0 Å². The Bertz CT molecular complexity index is 770. The summed E-state index contributed by atoms with van der Waals surface area (Å²) in [6, 6.07) is 10.8. The molecule has 2 aromatic rings. The number of rotatable bonds is 3. The van der Waals surface area contributed by atoms with Gasteiger partial charge in [-0.05, 0) is 36.1 Å². The molecule has 5 nitrogen and oxygen atoms in total. The van der Waals surface area contributed by atoms with Gasteiger partial charge in [-0.1, -0.05) is 18.2 Å². The van der Waals surface area contributed by atoms with Gasteiger partial charge in [-0.2, -0.15) is 0 Å². The van der Waals surface area contributed by atoms with Crippen LogP contribution in [0.1, 0.15) is 16.5 Å². The second-order valence-electron chi connectivity index (χ2n) is 5.61. The normalized spacial score (nSPS) is 19.7. The number of hydrogen-bond acceptors (Lipinski definition) is 5. The van der Waals surface area contributed by atoms with E-state index in [9.17, 15) is 9.59 Å². The van der Waals surface area contributed by atoms with Crippen LogP contribution in [0.5, 0.6) is 0 Å². The molecule has 2 heterocycles. The molecule has 1 aromatic carbocycles. The number of carbonyl (C=O) groups is 2. The van der Waals surface area contributed by atoms with Crippen LogP contribution in [-0.2, 0) is 9.53 Å². The number of carbonyl (C=O) groups excluding carboxylic acids is 2. The van der Waals surface area contributed by atoms with Crippen LogP contribution < -0.4 is 10.2 Å². The van der Waals surface area contributed by atoms with Crippen LogP contribution in [0, 0.1) is 6.92 Å². The third-order valence-electron chi connectivity index (χ3n) is 3.81. The average Bonchev–Trinajstić information content (AvgIpc) is 3.03. The summed E-state index contributed by atoms with van der Waals surface area (Å²) in [4.78, 5) is 27.1. The minimum atomic E-state index is -0.883. The lowest BCUT2D eigenvalue weighted by molar-refractivity contribution is -0.124. The minimum Gasteiger partial charge on any atom is -0.435 e. The first-order chi connectivity index (χ1) is 11.6. The van der Waals surface area contributed by atoms with E-state index in [1.54, 1.807) is 24.6 Å². The molecule has 0 bridgehead atoms. The maximum Gasteiger partial charge on any atom is 0.414 e. The zero-order valence-corrected chi connectivity index (χ0v) is 14.2. The molecule has 0 spiro atoms. The van der Waals surface area contributed by atoms with Crippen LogP contribution in [0.25, 0.3) is 0 Å². The lowest BCUT2D eigenvalue weighted by Gasteiger charge is -2.29. The van der Waals surface area contributed by atoms with Crippen LogP contribution in [0.15, 0.2) is 54.1 Å². The van der Waals surface area contributed by atoms with Crippen LogP contribution in [-0.4, -0.2) is 25.0 Å². The largest absolute Gasteiger partial charge is 0.435 e. The van der Waals surface area contributed by atoms with E-state index in [2.05, 4.69) is 5.32 Å². The summed E-state index contributed by atoms with van der Waals surface area (Å²) >= 11 is 1.54. The molecule has 0 fully saturated rings. The van der Waals surface area contributed by atoms with Crippen molar-refractivity contribution < 1.29 is 14.3 Å². The number of nitrogens with one attached hydrogen (secondary N) is 1. The molecule has 2 atom stereocenters. The number of nitrogens with zero attached hydrogens (tertiary/aromatic N) is 1. The highest BCUT2D eigenvalue weighted by atomic mass is 32.1. The molecule has 124 valence electrons. The van der Waals surface area contributed by atoms with Gasteiger partial charge in [-0.3, -0.25) is 9.69 Å². The van der Waals surface area contributed by atoms with E-state index in [1.165, 1.54) is 11.0 Å². The molecule has 1 aromatic heterocycles. The van der Waals surface area contributed by atoms with Crippen molar-refractivity contribution >= 4 is 28.9 Å². The molecule has 24 heavy (non-hydrogen) atoms. The van der Waals surface area contributed by atoms with E-state index in [4.69, 9.17) is 4.74 Å². The Hall–Kier alpha value is -2.60. The van der Waals surface area contributed by atoms with Crippen molar-refractivity contribution in [3.05, 3.63) is 64.5 Å². The van der Waals surface area contributed by atoms with E-state index in [-0.39, 0.29) is 11.8 Å². The first-order valence-corrected chi connectivity index (χ1v) is 8.45. The highest BCUT2D eigenvalue weighted by molar-refractivity contribution is 7.10. The average molecular weight is 342 g/mol. The fourth-order valence-corrected chi connectivity index (χ4v) is 3.48. The highest BCUT2D eigenvalue weighted by Crippen LogP contribution is 2.29. The van der Waals surface area contributed by atoms with Gasteiger partial charge in [0, 0.05) is 29.9 Å². The van der Waals surface area contributed by atoms with Crippen molar-refractivity contribution in [2.75, 3.05) is 11.9 Å². The number of thiophene rings is 1. The number of para-hydroxylation sites is 1. The number of benzene rings is 1. The first kappa shape index (κ1) is 16.3. The summed E-state index contributed by atoms with van der Waals surface area (Å²) in [7, 11) is 1.62. The van der Waals surface area contributed by atoms with Crippen molar-refractivity contribution in [3.8, 4) is 0 Å². The molecule has 1 aliphatic rings. The minimum absolute atomic E-state index is 0.223. The zero-order valence-electron chi connectivity index (χ0n) is 13.4. The van der Waals surface area contributed by atoms with Gasteiger partial charge in [0.2, 0.25) is 0 Å². The van der Waals surface area contributed by atoms with E-state index in [0.29, 0.717) is 5.69 Å². The number of anilines is 1. The zero-order chi connectivity index (χ0) is 17.1. The van der Waals surface area contributed by atoms with Crippen LogP contribution in [0.2, 0.25) is 0 Å². The predicted molar refractivity (Wildman–Crippen MR) is 94.2 cm³/mol. The quantitative estimate of drug-likeness (QED) is 0.928. The predicted octanol–water partition coefficient (Wildman–Crippen LogP) is 3.43. The summed E-state index contributed by atoms with van der Waals surface area (Å²) in [6.45, 7) is 1.99. The van der Waals surface area contributed by atoms with Crippen molar-refractivity contribution in [1.82, 2.24) is 5.32 Å². The molecule has 6 heteroatoms. The second kappa shape index (κ2) is 6.88. The molecule has 1 aliphatic heterocycles. The van der Waals surface area contributed by atoms with E-state index < -0.39 is 12.2 Å². The topological polar surface area (TPSA) is 58.6 Å². The molecule has 0 saturated carbocycles. The van der Waals surface area contributed by atoms with Gasteiger partial charge in [0.25, 0.3) is 0 Å². The summed E-state index contributed by atoms with van der Waals surface area (Å²) in [6.07, 6.45) is 1.56. The van der Waals surface area contributed by atoms with E-state index in [1.807, 2.05) is 48.7 Å². The Labute approximate surface area is 144 Å². The third kappa shape index (κ3) is 3.33. The summed E-state index contributed by atoms with van der Waals surface area (Å²) in [5.41, 5.74) is 1.82. The Kier molecular flexibility index (Phi) is 4.66. The van der Waals surface area contributed by atoms with E-state index in [0.717, 1.165) is 10.4 Å². The van der Waals surface area contributed by atoms with Gasteiger partial charge in [-0.15, -0.1) is 11.3 Å². The van der Waals surface area contributed by atoms with Crippen LogP contribution in [0.4, 0.5) is 10.5 Å². The molecule has 3 rings (SSSR count). The lowest BCUT2D eigenvalue weighted by atomic mass is 10.0. The number of ether oxygens (including phenoxy) is 1. The highest BCUT2D eigenvalue weighted by Gasteiger charge is 2.35. The maximum absolute atomic E-state index is 12.4. The van der Waals surface area contributed by atoms with Gasteiger partial charge >= 0.3 is 6.09 Å². The van der Waals surface area contributed by atoms with Gasteiger partial charge in [0.15, 0.2) is 11.9 Å². The fourth-order valence-electron chi connectivity index (χ4n) is 2.50. The van der Waals surface area contributed by atoms with E-state index >= 15 is 0 Å². The molecular formula is C18H18N2O3S. The van der Waals surface area contributed by atoms with Gasteiger partial charge in [-0.25, -0.2) is 4.79 Å². The van der Waals surface area contributed by atoms with Crippen molar-refractivity contribution in [1.29, 1.82) is 0 Å².